The molecule has 1 aliphatic rings. The van der Waals surface area contributed by atoms with Gasteiger partial charge < -0.3 is 14.6 Å². The molecule has 0 radical (unpaired) electrons. The van der Waals surface area contributed by atoms with Crippen LogP contribution in [0.2, 0.25) is 0 Å². The molecule has 19 heavy (non-hydrogen) atoms. The maximum absolute atomic E-state index is 9.25. The molecular formula is C14H20BrNO3. The van der Waals surface area contributed by atoms with Crippen molar-refractivity contribution in [1.82, 2.24) is 4.90 Å². The second-order valence-electron chi connectivity index (χ2n) is 4.90. The topological polar surface area (TPSA) is 41.9 Å². The Morgan fingerprint density at radius 2 is 2.26 bits per heavy atom. The maximum Gasteiger partial charge on any atom is 0.123 e. The van der Waals surface area contributed by atoms with Crippen LogP contribution in [0.1, 0.15) is 12.5 Å². The van der Waals surface area contributed by atoms with Crippen LogP contribution in [0.5, 0.6) is 5.75 Å². The van der Waals surface area contributed by atoms with Crippen LogP contribution in [-0.2, 0) is 11.3 Å². The SMILES string of the molecule is COc1ccc(Br)cc1CN1CC(C)OC(CO)C1. The van der Waals surface area contributed by atoms with Gasteiger partial charge in [-0.1, -0.05) is 15.9 Å². The van der Waals surface area contributed by atoms with Crippen LogP contribution in [0, 0.1) is 0 Å². The molecular weight excluding hydrogens is 310 g/mol. The Bertz CT molecular complexity index is 427. The highest BCUT2D eigenvalue weighted by Gasteiger charge is 2.25. The van der Waals surface area contributed by atoms with E-state index in [2.05, 4.69) is 26.9 Å². The summed E-state index contributed by atoms with van der Waals surface area (Å²) >= 11 is 3.49. The number of hydrogen-bond donors (Lipinski definition) is 1. The number of benzene rings is 1. The number of rotatable bonds is 4. The van der Waals surface area contributed by atoms with Crippen LogP contribution in [0.15, 0.2) is 22.7 Å². The summed E-state index contributed by atoms with van der Waals surface area (Å²) < 4.78 is 12.1. The van der Waals surface area contributed by atoms with Crippen molar-refractivity contribution in [1.29, 1.82) is 0 Å². The summed E-state index contributed by atoms with van der Waals surface area (Å²) in [7, 11) is 1.69. The van der Waals surface area contributed by atoms with Gasteiger partial charge in [-0.3, -0.25) is 4.90 Å². The molecule has 2 rings (SSSR count). The molecule has 1 aromatic rings. The molecule has 1 saturated heterocycles. The second kappa shape index (κ2) is 6.70. The Kier molecular flexibility index (Phi) is 5.21. The molecule has 2 unspecified atom stereocenters. The maximum atomic E-state index is 9.25. The molecule has 0 bridgehead atoms. The van der Waals surface area contributed by atoms with E-state index < -0.39 is 0 Å². The highest BCUT2D eigenvalue weighted by atomic mass is 79.9. The van der Waals surface area contributed by atoms with Gasteiger partial charge in [-0.2, -0.15) is 0 Å². The fourth-order valence-corrected chi connectivity index (χ4v) is 2.89. The van der Waals surface area contributed by atoms with Gasteiger partial charge in [-0.15, -0.1) is 0 Å². The van der Waals surface area contributed by atoms with Crippen molar-refractivity contribution in [3.63, 3.8) is 0 Å². The minimum absolute atomic E-state index is 0.0659. The second-order valence-corrected chi connectivity index (χ2v) is 5.82. The first-order valence-corrected chi connectivity index (χ1v) is 7.22. The molecule has 0 aromatic heterocycles. The van der Waals surface area contributed by atoms with Crippen LogP contribution in [0.3, 0.4) is 0 Å². The summed E-state index contributed by atoms with van der Waals surface area (Å²) in [4.78, 5) is 2.29. The number of nitrogens with zero attached hydrogens (tertiary/aromatic N) is 1. The standard InChI is InChI=1S/C14H20BrNO3/c1-10-6-16(8-13(9-17)19-10)7-11-5-12(15)3-4-14(11)18-2/h3-5,10,13,17H,6-9H2,1-2H3. The fourth-order valence-electron chi connectivity index (χ4n) is 2.48. The van der Waals surface area contributed by atoms with Crippen molar-refractivity contribution in [2.24, 2.45) is 0 Å². The lowest BCUT2D eigenvalue weighted by atomic mass is 10.1. The van der Waals surface area contributed by atoms with Gasteiger partial charge in [0.25, 0.3) is 0 Å². The lowest BCUT2D eigenvalue weighted by molar-refractivity contribution is -0.0973. The smallest absolute Gasteiger partial charge is 0.123 e. The number of hydrogen-bond acceptors (Lipinski definition) is 4. The predicted octanol–water partition coefficient (Wildman–Crippen LogP) is 2.04. The Balaban J connectivity index is 2.09. The molecule has 1 heterocycles. The average molecular weight is 330 g/mol. The first-order chi connectivity index (χ1) is 9.12. The molecule has 2 atom stereocenters. The minimum atomic E-state index is -0.0955. The van der Waals surface area contributed by atoms with Crippen LogP contribution in [0.25, 0.3) is 0 Å². The Hall–Kier alpha value is -0.620. The summed E-state index contributed by atoms with van der Waals surface area (Å²) in [5, 5.41) is 9.25. The van der Waals surface area contributed by atoms with Crippen molar-refractivity contribution in [3.8, 4) is 5.75 Å². The molecule has 5 heteroatoms. The van der Waals surface area contributed by atoms with Crippen molar-refractivity contribution < 1.29 is 14.6 Å². The number of ether oxygens (including phenoxy) is 2. The van der Waals surface area contributed by atoms with Gasteiger partial charge in [0.1, 0.15) is 5.75 Å². The zero-order chi connectivity index (χ0) is 13.8. The largest absolute Gasteiger partial charge is 0.496 e. The Morgan fingerprint density at radius 1 is 1.47 bits per heavy atom. The number of methoxy groups -OCH3 is 1. The third-order valence-electron chi connectivity index (χ3n) is 3.24. The lowest BCUT2D eigenvalue weighted by Gasteiger charge is -2.36. The van der Waals surface area contributed by atoms with Gasteiger partial charge in [-0.05, 0) is 25.1 Å². The summed E-state index contributed by atoms with van der Waals surface area (Å²) in [6, 6.07) is 6.01. The molecule has 4 nitrogen and oxygen atoms in total. The van der Waals surface area contributed by atoms with E-state index in [1.165, 1.54) is 0 Å². The van der Waals surface area contributed by atoms with E-state index >= 15 is 0 Å². The number of morpholine rings is 1. The Labute approximate surface area is 122 Å². The van der Waals surface area contributed by atoms with E-state index in [0.717, 1.165) is 35.4 Å². The van der Waals surface area contributed by atoms with Gasteiger partial charge in [-0.25, -0.2) is 0 Å². The third-order valence-corrected chi connectivity index (χ3v) is 3.74. The highest BCUT2D eigenvalue weighted by molar-refractivity contribution is 9.10. The average Bonchev–Trinajstić information content (AvgIpc) is 2.38. The molecule has 1 N–H and O–H groups in total. The van der Waals surface area contributed by atoms with E-state index in [1.807, 2.05) is 19.1 Å². The molecule has 0 aliphatic carbocycles. The van der Waals surface area contributed by atoms with Gasteiger partial charge >= 0.3 is 0 Å². The van der Waals surface area contributed by atoms with E-state index in [1.54, 1.807) is 7.11 Å². The van der Waals surface area contributed by atoms with Crippen LogP contribution < -0.4 is 4.74 Å². The normalized spacial score (nSPS) is 24.4. The van der Waals surface area contributed by atoms with Gasteiger partial charge in [0, 0.05) is 29.7 Å². The van der Waals surface area contributed by atoms with E-state index in [0.29, 0.717) is 0 Å². The lowest BCUT2D eigenvalue weighted by Crippen LogP contribution is -2.47. The fraction of sp³-hybridized carbons (Fsp3) is 0.571. The number of aliphatic hydroxyl groups is 1. The summed E-state index contributed by atoms with van der Waals surface area (Å²) in [6.07, 6.45) is 0.0472. The molecule has 0 amide bonds. The van der Waals surface area contributed by atoms with E-state index in [-0.39, 0.29) is 18.8 Å². The van der Waals surface area contributed by atoms with Gasteiger partial charge in [0.05, 0.1) is 25.9 Å². The molecule has 106 valence electrons. The molecule has 0 spiro atoms. The van der Waals surface area contributed by atoms with Gasteiger partial charge in [0.2, 0.25) is 0 Å². The van der Waals surface area contributed by atoms with E-state index in [4.69, 9.17) is 9.47 Å². The number of aliphatic hydroxyl groups excluding tert-OH is 1. The predicted molar refractivity (Wildman–Crippen MR) is 77.4 cm³/mol. The van der Waals surface area contributed by atoms with Crippen LogP contribution in [-0.4, -0.2) is 49.0 Å². The van der Waals surface area contributed by atoms with Crippen molar-refractivity contribution in [2.45, 2.75) is 25.7 Å². The minimum Gasteiger partial charge on any atom is -0.496 e. The summed E-state index contributed by atoms with van der Waals surface area (Å²) in [5.74, 6) is 0.892. The monoisotopic (exact) mass is 329 g/mol. The highest BCUT2D eigenvalue weighted by Crippen LogP contribution is 2.25. The quantitative estimate of drug-likeness (QED) is 0.917. The van der Waals surface area contributed by atoms with Gasteiger partial charge in [0.15, 0.2) is 0 Å². The van der Waals surface area contributed by atoms with E-state index in [9.17, 15) is 5.11 Å². The molecule has 1 aromatic carbocycles. The Morgan fingerprint density at radius 3 is 2.95 bits per heavy atom. The van der Waals surface area contributed by atoms with Crippen LogP contribution >= 0.6 is 15.9 Å². The summed E-state index contributed by atoms with van der Waals surface area (Å²) in [5.41, 5.74) is 1.14. The molecule has 1 fully saturated rings. The van der Waals surface area contributed by atoms with Crippen LogP contribution in [0.4, 0.5) is 0 Å². The zero-order valence-corrected chi connectivity index (χ0v) is 12.9. The first kappa shape index (κ1) is 14.8. The molecule has 1 aliphatic heterocycles. The first-order valence-electron chi connectivity index (χ1n) is 6.43. The van der Waals surface area contributed by atoms with Crippen molar-refractivity contribution in [3.05, 3.63) is 28.2 Å². The third kappa shape index (κ3) is 3.92. The number of halogens is 1. The van der Waals surface area contributed by atoms with Crippen molar-refractivity contribution in [2.75, 3.05) is 26.8 Å². The van der Waals surface area contributed by atoms with Crippen molar-refractivity contribution >= 4 is 15.9 Å². The molecule has 0 saturated carbocycles. The zero-order valence-electron chi connectivity index (χ0n) is 11.3. The summed E-state index contributed by atoms with van der Waals surface area (Å²) in [6.45, 7) is 4.51.